The molecule has 4 nitrogen and oxygen atoms in total. The van der Waals surface area contributed by atoms with E-state index in [0.717, 1.165) is 19.6 Å². The number of carbonyl (C=O) groups excluding carboxylic acids is 1. The zero-order valence-corrected chi connectivity index (χ0v) is 10.3. The lowest BCUT2D eigenvalue weighted by molar-refractivity contribution is 0.0780. The first-order valence-electron chi connectivity index (χ1n) is 6.10. The van der Waals surface area contributed by atoms with E-state index >= 15 is 0 Å². The van der Waals surface area contributed by atoms with Gasteiger partial charge in [0.15, 0.2) is 0 Å². The van der Waals surface area contributed by atoms with Crippen molar-refractivity contribution in [3.8, 4) is 0 Å². The second-order valence-corrected chi connectivity index (χ2v) is 5.34. The van der Waals surface area contributed by atoms with E-state index in [1.165, 1.54) is 12.8 Å². The van der Waals surface area contributed by atoms with Gasteiger partial charge in [-0.1, -0.05) is 11.6 Å². The van der Waals surface area contributed by atoms with E-state index in [1.807, 2.05) is 4.90 Å². The summed E-state index contributed by atoms with van der Waals surface area (Å²) in [5.41, 5.74) is 0.591. The van der Waals surface area contributed by atoms with Gasteiger partial charge in [0.1, 0.15) is 5.69 Å². The van der Waals surface area contributed by atoms with Crippen LogP contribution in [0.5, 0.6) is 0 Å². The molecule has 2 N–H and O–H groups in total. The van der Waals surface area contributed by atoms with Crippen molar-refractivity contribution in [3.05, 3.63) is 23.0 Å². The van der Waals surface area contributed by atoms with E-state index in [2.05, 4.69) is 10.3 Å². The average molecular weight is 254 g/mol. The molecule has 0 aliphatic carbocycles. The fourth-order valence-electron chi connectivity index (χ4n) is 2.87. The van der Waals surface area contributed by atoms with Gasteiger partial charge in [0, 0.05) is 25.3 Å². The molecule has 2 fully saturated rings. The Balaban J connectivity index is 1.71. The lowest BCUT2D eigenvalue weighted by Crippen LogP contribution is -2.41. The van der Waals surface area contributed by atoms with Crippen molar-refractivity contribution < 1.29 is 4.79 Å². The van der Waals surface area contributed by atoms with Gasteiger partial charge in [-0.15, -0.1) is 0 Å². The monoisotopic (exact) mass is 253 g/mol. The van der Waals surface area contributed by atoms with Crippen LogP contribution < -0.4 is 5.32 Å². The quantitative estimate of drug-likeness (QED) is 0.797. The summed E-state index contributed by atoms with van der Waals surface area (Å²) in [4.78, 5) is 17.1. The van der Waals surface area contributed by atoms with Crippen molar-refractivity contribution in [1.82, 2.24) is 15.2 Å². The zero-order valence-electron chi connectivity index (χ0n) is 9.58. The van der Waals surface area contributed by atoms with Crippen LogP contribution in [0, 0.1) is 5.92 Å². The molecule has 0 bridgehead atoms. The molecule has 3 rings (SSSR count). The van der Waals surface area contributed by atoms with E-state index in [4.69, 9.17) is 11.6 Å². The molecule has 0 saturated carbocycles. The van der Waals surface area contributed by atoms with Gasteiger partial charge < -0.3 is 15.2 Å². The average Bonchev–Trinajstić information content (AvgIpc) is 2.93. The topological polar surface area (TPSA) is 48.1 Å². The summed E-state index contributed by atoms with van der Waals surface area (Å²) in [5.74, 6) is 0.686. The van der Waals surface area contributed by atoms with Gasteiger partial charge in [0.25, 0.3) is 5.91 Å². The third kappa shape index (κ3) is 2.07. The molecule has 2 aliphatic rings. The summed E-state index contributed by atoms with van der Waals surface area (Å²) in [5, 5.41) is 4.08. The Labute approximate surface area is 105 Å². The van der Waals surface area contributed by atoms with Gasteiger partial charge in [-0.3, -0.25) is 4.79 Å². The van der Waals surface area contributed by atoms with E-state index < -0.39 is 0 Å². The maximum Gasteiger partial charge on any atom is 0.270 e. The molecule has 0 spiro atoms. The summed E-state index contributed by atoms with van der Waals surface area (Å²) in [6.45, 7) is 2.77. The predicted molar refractivity (Wildman–Crippen MR) is 66.2 cm³/mol. The van der Waals surface area contributed by atoms with Crippen LogP contribution in [-0.2, 0) is 0 Å². The zero-order chi connectivity index (χ0) is 11.8. The Hall–Kier alpha value is -1.00. The van der Waals surface area contributed by atoms with Crippen molar-refractivity contribution in [2.24, 2.45) is 5.92 Å². The number of rotatable bonds is 1. The minimum Gasteiger partial charge on any atom is -0.356 e. The number of nitrogens with zero attached hydrogens (tertiary/aromatic N) is 1. The lowest BCUT2D eigenvalue weighted by Gasteiger charge is -2.24. The predicted octanol–water partition coefficient (Wildman–Crippen LogP) is 1.49. The lowest BCUT2D eigenvalue weighted by atomic mass is 9.94. The molecular formula is C12H16ClN3O. The van der Waals surface area contributed by atoms with Gasteiger partial charge in [-0.05, 0) is 31.4 Å². The summed E-state index contributed by atoms with van der Waals surface area (Å²) >= 11 is 5.82. The molecule has 0 aromatic carbocycles. The number of H-pyrrole nitrogens is 1. The number of hydrogen-bond acceptors (Lipinski definition) is 2. The number of piperidine rings is 1. The molecule has 2 atom stereocenters. The van der Waals surface area contributed by atoms with Crippen LogP contribution >= 0.6 is 11.6 Å². The first-order chi connectivity index (χ1) is 8.24. The van der Waals surface area contributed by atoms with Gasteiger partial charge >= 0.3 is 0 Å². The fourth-order valence-corrected chi connectivity index (χ4v) is 3.04. The number of carbonyl (C=O) groups is 1. The smallest absolute Gasteiger partial charge is 0.270 e. The third-order valence-corrected chi connectivity index (χ3v) is 3.98. The summed E-state index contributed by atoms with van der Waals surface area (Å²) in [6.07, 6.45) is 4.10. The fraction of sp³-hybridized carbons (Fsp3) is 0.583. The Morgan fingerprint density at radius 3 is 3.06 bits per heavy atom. The number of hydrogen-bond donors (Lipinski definition) is 2. The van der Waals surface area contributed by atoms with Crippen molar-refractivity contribution in [3.63, 3.8) is 0 Å². The molecule has 1 aromatic rings. The standard InChI is InChI=1S/C12H16ClN3O/c13-9-4-10(15-5-9)12(17)16-6-8-2-1-3-14-11(8)7-16/h4-5,8,11,14-15H,1-3,6-7H2. The largest absolute Gasteiger partial charge is 0.356 e. The van der Waals surface area contributed by atoms with E-state index in [1.54, 1.807) is 12.3 Å². The van der Waals surface area contributed by atoms with Crippen molar-refractivity contribution >= 4 is 17.5 Å². The number of fused-ring (bicyclic) bond motifs is 1. The number of aromatic nitrogens is 1. The molecule has 92 valence electrons. The number of nitrogens with one attached hydrogen (secondary N) is 2. The van der Waals surface area contributed by atoms with Gasteiger partial charge in [-0.25, -0.2) is 0 Å². The normalized spacial score (nSPS) is 28.2. The highest BCUT2D eigenvalue weighted by Gasteiger charge is 2.36. The van der Waals surface area contributed by atoms with Gasteiger partial charge in [0.2, 0.25) is 0 Å². The van der Waals surface area contributed by atoms with Gasteiger partial charge in [-0.2, -0.15) is 0 Å². The van der Waals surface area contributed by atoms with Crippen LogP contribution in [0.4, 0.5) is 0 Å². The van der Waals surface area contributed by atoms with Crippen molar-refractivity contribution in [2.75, 3.05) is 19.6 Å². The highest BCUT2D eigenvalue weighted by Crippen LogP contribution is 2.26. The molecule has 3 heterocycles. The minimum atomic E-state index is 0.0631. The van der Waals surface area contributed by atoms with Crippen LogP contribution in [0.15, 0.2) is 12.3 Å². The molecule has 1 aromatic heterocycles. The summed E-state index contributed by atoms with van der Waals surface area (Å²) in [6, 6.07) is 2.18. The van der Waals surface area contributed by atoms with E-state index in [9.17, 15) is 4.79 Å². The molecule has 0 radical (unpaired) electrons. The Morgan fingerprint density at radius 1 is 1.47 bits per heavy atom. The molecule has 2 saturated heterocycles. The number of amides is 1. The van der Waals surface area contributed by atoms with E-state index in [0.29, 0.717) is 22.7 Å². The summed E-state index contributed by atoms with van der Waals surface area (Å²) in [7, 11) is 0. The maximum absolute atomic E-state index is 12.2. The number of halogens is 1. The molecule has 5 heteroatoms. The van der Waals surface area contributed by atoms with Crippen LogP contribution in [0.2, 0.25) is 5.02 Å². The van der Waals surface area contributed by atoms with Crippen LogP contribution in [0.1, 0.15) is 23.3 Å². The molecule has 17 heavy (non-hydrogen) atoms. The molecular weight excluding hydrogens is 238 g/mol. The highest BCUT2D eigenvalue weighted by atomic mass is 35.5. The Kier molecular flexibility index (Phi) is 2.84. The van der Waals surface area contributed by atoms with Crippen molar-refractivity contribution in [2.45, 2.75) is 18.9 Å². The van der Waals surface area contributed by atoms with Crippen LogP contribution in [0.25, 0.3) is 0 Å². The Morgan fingerprint density at radius 2 is 2.35 bits per heavy atom. The van der Waals surface area contributed by atoms with Crippen LogP contribution in [-0.4, -0.2) is 41.5 Å². The minimum absolute atomic E-state index is 0.0631. The second kappa shape index (κ2) is 4.35. The number of likely N-dealkylation sites (tertiary alicyclic amines) is 1. The first kappa shape index (κ1) is 11.1. The van der Waals surface area contributed by atoms with Gasteiger partial charge in [0.05, 0.1) is 5.02 Å². The SMILES string of the molecule is O=C(c1cc(Cl)c[nH]1)N1CC2CCCNC2C1. The second-order valence-electron chi connectivity index (χ2n) is 4.90. The van der Waals surface area contributed by atoms with Crippen LogP contribution in [0.3, 0.4) is 0 Å². The summed E-state index contributed by atoms with van der Waals surface area (Å²) < 4.78 is 0. The highest BCUT2D eigenvalue weighted by molar-refractivity contribution is 6.30. The molecule has 2 aliphatic heterocycles. The third-order valence-electron chi connectivity index (χ3n) is 3.76. The van der Waals surface area contributed by atoms with E-state index in [-0.39, 0.29) is 5.91 Å². The first-order valence-corrected chi connectivity index (χ1v) is 6.48. The maximum atomic E-state index is 12.2. The number of aromatic amines is 1. The molecule has 2 unspecified atom stereocenters. The Bertz CT molecular complexity index is 417. The van der Waals surface area contributed by atoms with Crippen molar-refractivity contribution in [1.29, 1.82) is 0 Å². The molecule has 1 amide bonds.